The standard InChI is InChI=1S/C17H21N/c1-12(2)15-10-17(14-8-6-5-7-9-14)18-11-16(15)13(3)4/h5-13H,1-4H3/i12D,13D. The Morgan fingerprint density at radius 3 is 2.11 bits per heavy atom. The maximum atomic E-state index is 8.34. The van der Waals surface area contributed by atoms with Gasteiger partial charge in [-0.3, -0.25) is 4.98 Å². The van der Waals surface area contributed by atoms with Crippen molar-refractivity contribution in [3.63, 3.8) is 0 Å². The molecule has 0 atom stereocenters. The van der Waals surface area contributed by atoms with Gasteiger partial charge in [0.2, 0.25) is 0 Å². The van der Waals surface area contributed by atoms with Gasteiger partial charge in [0, 0.05) is 14.5 Å². The Morgan fingerprint density at radius 2 is 1.56 bits per heavy atom. The van der Waals surface area contributed by atoms with E-state index in [1.165, 1.54) is 0 Å². The fraction of sp³-hybridized carbons (Fsp3) is 0.353. The van der Waals surface area contributed by atoms with Crippen molar-refractivity contribution in [2.24, 2.45) is 0 Å². The highest BCUT2D eigenvalue weighted by molar-refractivity contribution is 5.60. The molecule has 18 heavy (non-hydrogen) atoms. The summed E-state index contributed by atoms with van der Waals surface area (Å²) >= 11 is 0. The van der Waals surface area contributed by atoms with Crippen LogP contribution in [0.15, 0.2) is 42.6 Å². The summed E-state index contributed by atoms with van der Waals surface area (Å²) in [4.78, 5) is 4.49. The Balaban J connectivity index is 2.62. The molecule has 0 saturated heterocycles. The molecule has 1 nitrogen and oxygen atoms in total. The largest absolute Gasteiger partial charge is 0.256 e. The summed E-state index contributed by atoms with van der Waals surface area (Å²) in [5, 5.41) is 0. The number of hydrogen-bond acceptors (Lipinski definition) is 1. The summed E-state index contributed by atoms with van der Waals surface area (Å²) in [7, 11) is 0. The number of hydrogen-bond donors (Lipinski definition) is 0. The van der Waals surface area contributed by atoms with Crippen molar-refractivity contribution in [1.29, 1.82) is 0 Å². The molecule has 0 amide bonds. The van der Waals surface area contributed by atoms with Crippen LogP contribution in [0.5, 0.6) is 0 Å². The van der Waals surface area contributed by atoms with E-state index in [0.29, 0.717) is 0 Å². The first-order valence-corrected chi connectivity index (χ1v) is 6.26. The molecule has 0 saturated carbocycles. The number of rotatable bonds is 3. The number of benzene rings is 1. The zero-order chi connectivity index (χ0) is 15.0. The van der Waals surface area contributed by atoms with E-state index in [0.717, 1.165) is 22.4 Å². The summed E-state index contributed by atoms with van der Waals surface area (Å²) in [6, 6.07) is 11.9. The minimum absolute atomic E-state index is 0.750. The zero-order valence-corrected chi connectivity index (χ0v) is 11.5. The minimum atomic E-state index is -0.754. The molecular formula is C17H21N. The van der Waals surface area contributed by atoms with Crippen LogP contribution < -0.4 is 0 Å². The second-order valence-corrected chi connectivity index (χ2v) is 4.98. The average Bonchev–Trinajstić information content (AvgIpc) is 2.37. The highest BCUT2D eigenvalue weighted by Crippen LogP contribution is 2.29. The van der Waals surface area contributed by atoms with Crippen LogP contribution in [0.25, 0.3) is 11.3 Å². The lowest BCUT2D eigenvalue weighted by atomic mass is 9.91. The highest BCUT2D eigenvalue weighted by atomic mass is 14.7. The Labute approximate surface area is 113 Å². The molecule has 1 heterocycles. The molecule has 0 aliphatic rings. The molecule has 0 bridgehead atoms. The van der Waals surface area contributed by atoms with Gasteiger partial charge in [0.25, 0.3) is 0 Å². The van der Waals surface area contributed by atoms with Crippen molar-refractivity contribution < 1.29 is 2.74 Å². The van der Waals surface area contributed by atoms with E-state index in [9.17, 15) is 0 Å². The second kappa shape index (κ2) is 5.34. The highest BCUT2D eigenvalue weighted by Gasteiger charge is 2.12. The van der Waals surface area contributed by atoms with Gasteiger partial charge in [-0.1, -0.05) is 58.0 Å². The van der Waals surface area contributed by atoms with E-state index in [4.69, 9.17) is 2.74 Å². The minimum Gasteiger partial charge on any atom is -0.256 e. The van der Waals surface area contributed by atoms with Crippen molar-refractivity contribution in [3.8, 4) is 11.3 Å². The van der Waals surface area contributed by atoms with Crippen LogP contribution >= 0.6 is 0 Å². The van der Waals surface area contributed by atoms with Crippen LogP contribution in [0.4, 0.5) is 0 Å². The molecule has 1 aromatic carbocycles. The predicted octanol–water partition coefficient (Wildman–Crippen LogP) is 5.00. The first-order chi connectivity index (χ1) is 9.19. The summed E-state index contributed by atoms with van der Waals surface area (Å²) in [5.41, 5.74) is 3.57. The molecule has 0 radical (unpaired) electrons. The summed E-state index contributed by atoms with van der Waals surface area (Å²) in [5.74, 6) is -1.50. The third-order valence-electron chi connectivity index (χ3n) is 3.05. The zero-order valence-electron chi connectivity index (χ0n) is 13.5. The van der Waals surface area contributed by atoms with Gasteiger partial charge in [-0.15, -0.1) is 0 Å². The Kier molecular flexibility index (Phi) is 3.06. The molecule has 0 unspecified atom stereocenters. The Morgan fingerprint density at radius 1 is 0.944 bits per heavy atom. The number of pyridine rings is 1. The van der Waals surface area contributed by atoms with Crippen LogP contribution in [-0.2, 0) is 0 Å². The second-order valence-electron chi connectivity index (χ2n) is 4.98. The molecule has 0 aliphatic carbocycles. The summed E-state index contributed by atoms with van der Waals surface area (Å²) in [6.07, 6.45) is 1.75. The van der Waals surface area contributed by atoms with Crippen molar-refractivity contribution in [2.45, 2.75) is 39.5 Å². The first-order valence-electron chi connectivity index (χ1n) is 7.26. The third kappa shape index (κ3) is 2.61. The quantitative estimate of drug-likeness (QED) is 0.737. The molecule has 2 aromatic rings. The van der Waals surface area contributed by atoms with Crippen molar-refractivity contribution in [2.75, 3.05) is 0 Å². The maximum absolute atomic E-state index is 8.34. The van der Waals surface area contributed by atoms with Crippen LogP contribution in [0.1, 0.15) is 53.4 Å². The van der Waals surface area contributed by atoms with Crippen molar-refractivity contribution >= 4 is 0 Å². The van der Waals surface area contributed by atoms with Crippen molar-refractivity contribution in [3.05, 3.63) is 53.7 Å². The molecule has 2 rings (SSSR count). The average molecular weight is 241 g/mol. The lowest BCUT2D eigenvalue weighted by Gasteiger charge is -2.16. The molecule has 94 valence electrons. The van der Waals surface area contributed by atoms with E-state index in [1.807, 2.05) is 64.1 Å². The predicted molar refractivity (Wildman–Crippen MR) is 77.9 cm³/mol. The molecule has 0 fully saturated rings. The van der Waals surface area contributed by atoms with Gasteiger partial charge in [-0.25, -0.2) is 0 Å². The normalized spacial score (nSPS) is 14.0. The fourth-order valence-electron chi connectivity index (χ4n) is 2.03. The van der Waals surface area contributed by atoms with Gasteiger partial charge in [0.1, 0.15) is 0 Å². The molecule has 0 spiro atoms. The smallest absolute Gasteiger partial charge is 0.0705 e. The van der Waals surface area contributed by atoms with Gasteiger partial charge < -0.3 is 0 Å². The lowest BCUT2D eigenvalue weighted by molar-refractivity contribution is 0.783. The lowest BCUT2D eigenvalue weighted by Crippen LogP contribution is -2.00. The summed E-state index contributed by atoms with van der Waals surface area (Å²) < 4.78 is 16.6. The van der Waals surface area contributed by atoms with Crippen molar-refractivity contribution in [1.82, 2.24) is 4.98 Å². The van der Waals surface area contributed by atoms with E-state index in [1.54, 1.807) is 6.20 Å². The van der Waals surface area contributed by atoms with Crippen LogP contribution in [0, 0.1) is 0 Å². The van der Waals surface area contributed by atoms with Gasteiger partial charge in [-0.05, 0) is 29.0 Å². The topological polar surface area (TPSA) is 12.9 Å². The third-order valence-corrected chi connectivity index (χ3v) is 3.05. The Hall–Kier alpha value is -1.63. The van der Waals surface area contributed by atoms with Gasteiger partial charge in [0.15, 0.2) is 0 Å². The van der Waals surface area contributed by atoms with Crippen LogP contribution in [-0.4, -0.2) is 4.98 Å². The van der Waals surface area contributed by atoms with Gasteiger partial charge >= 0.3 is 0 Å². The Bertz CT molecular complexity index is 593. The number of nitrogens with zero attached hydrogens (tertiary/aromatic N) is 1. The van der Waals surface area contributed by atoms with Crippen LogP contribution in [0.3, 0.4) is 0 Å². The molecule has 1 heteroatoms. The van der Waals surface area contributed by atoms with E-state index >= 15 is 0 Å². The monoisotopic (exact) mass is 241 g/mol. The molecule has 0 N–H and O–H groups in total. The van der Waals surface area contributed by atoms with E-state index < -0.39 is 11.8 Å². The maximum Gasteiger partial charge on any atom is 0.0705 e. The molecule has 0 aliphatic heterocycles. The van der Waals surface area contributed by atoms with Gasteiger partial charge in [0.05, 0.1) is 5.69 Å². The number of aromatic nitrogens is 1. The molecular weight excluding hydrogens is 218 g/mol. The fourth-order valence-corrected chi connectivity index (χ4v) is 2.03. The summed E-state index contributed by atoms with van der Waals surface area (Å²) in [6.45, 7) is 7.38. The van der Waals surface area contributed by atoms with Gasteiger partial charge in [-0.2, -0.15) is 0 Å². The van der Waals surface area contributed by atoms with E-state index in [-0.39, 0.29) is 0 Å². The molecule has 1 aromatic heterocycles. The SMILES string of the molecule is [2H]C(C)(C)c1cnc(-c2ccccc2)cc1C([2H])(C)C. The van der Waals surface area contributed by atoms with Crippen LogP contribution in [0.2, 0.25) is 0 Å². The van der Waals surface area contributed by atoms with E-state index in [2.05, 4.69) is 4.98 Å². The first kappa shape index (κ1) is 10.3.